The molecule has 0 aromatic heterocycles. The van der Waals surface area contributed by atoms with Crippen LogP contribution in [0.4, 0.5) is 0 Å². The van der Waals surface area contributed by atoms with E-state index in [-0.39, 0.29) is 25.9 Å². The molecule has 0 amide bonds. The molecule has 0 spiro atoms. The first kappa shape index (κ1) is 70.0. The molecular formula is C63H112O12. The highest BCUT2D eigenvalue weighted by Gasteiger charge is 2.50. The fourth-order valence-corrected chi connectivity index (χ4v) is 9.40. The lowest BCUT2D eigenvalue weighted by Gasteiger charge is -2.40. The number of carboxylic acid groups (broad SMARTS) is 1. The second-order valence-corrected chi connectivity index (χ2v) is 21.3. The minimum atomic E-state index is -1.90. The van der Waals surface area contributed by atoms with Gasteiger partial charge in [0.1, 0.15) is 18.8 Å². The predicted molar refractivity (Wildman–Crippen MR) is 303 cm³/mol. The maximum Gasteiger partial charge on any atom is 0.335 e. The smallest absolute Gasteiger partial charge is 0.335 e. The number of carbonyl (C=O) groups is 4. The van der Waals surface area contributed by atoms with E-state index in [1.807, 2.05) is 0 Å². The average Bonchev–Trinajstić information content (AvgIpc) is 3.39. The van der Waals surface area contributed by atoms with Crippen LogP contribution in [0.3, 0.4) is 0 Å². The molecule has 0 aromatic carbocycles. The standard InChI is InChI=1S/C63H112O12/c1-4-7-10-13-16-19-22-25-26-27-28-29-30-33-36-39-42-45-48-51-57(66)74-61-59(68)58(67)60(62(69)70)75-63(61)72-53-54(73-56(65)50-47-44-41-38-35-32-24-21-18-15-12-9-6-3)52-71-55(64)49-46-43-40-37-34-31-23-20-17-14-11-8-5-2/h11,14,20,23,25-26,54,58-61,63,67-68H,4-10,12-13,15-19,21-22,24,27-53H2,1-3H3,(H,69,70)/b14-11-,23-20-,26-25-. The van der Waals surface area contributed by atoms with Crippen LogP contribution in [0, 0.1) is 0 Å². The van der Waals surface area contributed by atoms with Crippen LogP contribution in [0.15, 0.2) is 36.5 Å². The van der Waals surface area contributed by atoms with Gasteiger partial charge >= 0.3 is 23.9 Å². The highest BCUT2D eigenvalue weighted by Crippen LogP contribution is 2.27. The Morgan fingerprint density at radius 1 is 0.440 bits per heavy atom. The van der Waals surface area contributed by atoms with Crippen LogP contribution in [-0.4, -0.2) is 89.2 Å². The number of hydrogen-bond donors (Lipinski definition) is 3. The molecule has 1 heterocycles. The summed E-state index contributed by atoms with van der Waals surface area (Å²) in [6.45, 7) is 5.94. The molecule has 3 N–H and O–H groups in total. The first-order chi connectivity index (χ1) is 36.6. The van der Waals surface area contributed by atoms with Crippen molar-refractivity contribution in [1.29, 1.82) is 0 Å². The number of hydrogen-bond acceptors (Lipinski definition) is 11. The molecule has 0 aliphatic carbocycles. The summed E-state index contributed by atoms with van der Waals surface area (Å²) in [6, 6.07) is 0. The summed E-state index contributed by atoms with van der Waals surface area (Å²) in [6.07, 6.45) is 48.2. The number of rotatable bonds is 53. The first-order valence-corrected chi connectivity index (χ1v) is 31.0. The molecule has 0 saturated carbocycles. The van der Waals surface area contributed by atoms with Crippen molar-refractivity contribution in [3.8, 4) is 0 Å². The number of ether oxygens (including phenoxy) is 5. The molecule has 1 aliphatic rings. The minimum absolute atomic E-state index is 0.0603. The van der Waals surface area contributed by atoms with E-state index >= 15 is 0 Å². The summed E-state index contributed by atoms with van der Waals surface area (Å²) >= 11 is 0. The molecule has 0 aromatic rings. The molecule has 0 radical (unpaired) electrons. The number of carbonyl (C=O) groups excluding carboxylic acids is 3. The highest BCUT2D eigenvalue weighted by molar-refractivity contribution is 5.74. The Morgan fingerprint density at radius 3 is 1.27 bits per heavy atom. The maximum absolute atomic E-state index is 13.1. The summed E-state index contributed by atoms with van der Waals surface area (Å²) in [5.41, 5.74) is 0. The van der Waals surface area contributed by atoms with Crippen LogP contribution >= 0.6 is 0 Å². The third-order valence-corrected chi connectivity index (χ3v) is 14.2. The quantitative estimate of drug-likeness (QED) is 0.0228. The summed E-state index contributed by atoms with van der Waals surface area (Å²) < 4.78 is 28.5. The van der Waals surface area contributed by atoms with E-state index in [0.717, 1.165) is 103 Å². The van der Waals surface area contributed by atoms with Gasteiger partial charge in [-0.1, -0.05) is 237 Å². The molecule has 12 nitrogen and oxygen atoms in total. The number of allylic oxidation sites excluding steroid dienone is 6. The third kappa shape index (κ3) is 41.7. The summed E-state index contributed by atoms with van der Waals surface area (Å²) in [5.74, 6) is -3.11. The number of aliphatic hydroxyl groups excluding tert-OH is 2. The second kappa shape index (κ2) is 51.7. The summed E-state index contributed by atoms with van der Waals surface area (Å²) in [7, 11) is 0. The van der Waals surface area contributed by atoms with Gasteiger partial charge in [0.05, 0.1) is 6.61 Å². The van der Waals surface area contributed by atoms with Crippen molar-refractivity contribution in [1.82, 2.24) is 0 Å². The predicted octanol–water partition coefficient (Wildman–Crippen LogP) is 16.0. The zero-order valence-corrected chi connectivity index (χ0v) is 48.1. The largest absolute Gasteiger partial charge is 0.479 e. The lowest BCUT2D eigenvalue weighted by atomic mass is 9.98. The lowest BCUT2D eigenvalue weighted by Crippen LogP contribution is -2.61. The number of esters is 3. The second-order valence-electron chi connectivity index (χ2n) is 21.3. The molecule has 6 atom stereocenters. The van der Waals surface area contributed by atoms with Crippen LogP contribution in [0.1, 0.15) is 290 Å². The Labute approximate surface area is 457 Å². The summed E-state index contributed by atoms with van der Waals surface area (Å²) in [5, 5.41) is 31.5. The SMILES string of the molecule is CCC/C=C\C/C=C\CCCCCCCC(=O)OCC(COC1OC(C(=O)O)C(O)C(O)C1OC(=O)CCCCCCCCCCC/C=C\CCCCCCCC)OC(=O)CCCCCCCCCCCCCCC. The fourth-order valence-electron chi connectivity index (χ4n) is 9.40. The molecule has 436 valence electrons. The average molecular weight is 1060 g/mol. The van der Waals surface area contributed by atoms with Gasteiger partial charge < -0.3 is 39.0 Å². The van der Waals surface area contributed by atoms with Gasteiger partial charge in [0.25, 0.3) is 0 Å². The van der Waals surface area contributed by atoms with Gasteiger partial charge in [0.2, 0.25) is 0 Å². The molecule has 1 fully saturated rings. The minimum Gasteiger partial charge on any atom is -0.479 e. The molecule has 75 heavy (non-hydrogen) atoms. The van der Waals surface area contributed by atoms with Crippen LogP contribution in [-0.2, 0) is 42.9 Å². The van der Waals surface area contributed by atoms with Gasteiger partial charge in [-0.05, 0) is 70.6 Å². The third-order valence-electron chi connectivity index (χ3n) is 14.2. The van der Waals surface area contributed by atoms with E-state index in [1.165, 1.54) is 128 Å². The molecule has 1 aliphatic heterocycles. The van der Waals surface area contributed by atoms with E-state index in [9.17, 15) is 34.5 Å². The number of aliphatic carboxylic acids is 1. The van der Waals surface area contributed by atoms with E-state index in [4.69, 9.17) is 23.7 Å². The lowest BCUT2D eigenvalue weighted by molar-refractivity contribution is -0.301. The molecule has 1 saturated heterocycles. The molecule has 0 bridgehead atoms. The monoisotopic (exact) mass is 1060 g/mol. The Kier molecular flexibility index (Phi) is 48.2. The Hall–Kier alpha value is -3.06. The van der Waals surface area contributed by atoms with Crippen molar-refractivity contribution < 1.29 is 58.2 Å². The molecule has 12 heteroatoms. The van der Waals surface area contributed by atoms with Crippen molar-refractivity contribution in [3.05, 3.63) is 36.5 Å². The van der Waals surface area contributed by atoms with Gasteiger partial charge in [-0.25, -0.2) is 4.79 Å². The van der Waals surface area contributed by atoms with Gasteiger partial charge in [-0.3, -0.25) is 14.4 Å². The number of aliphatic hydroxyl groups is 2. The Morgan fingerprint density at radius 2 is 0.827 bits per heavy atom. The molecule has 1 rings (SSSR count). The van der Waals surface area contributed by atoms with Crippen LogP contribution in [0.25, 0.3) is 0 Å². The zero-order chi connectivity index (χ0) is 54.7. The Bertz CT molecular complexity index is 1450. The Balaban J connectivity index is 2.65. The normalized spacial score (nSPS) is 18.3. The van der Waals surface area contributed by atoms with E-state index < -0.39 is 67.3 Å². The topological polar surface area (TPSA) is 175 Å². The van der Waals surface area contributed by atoms with Crippen LogP contribution < -0.4 is 0 Å². The zero-order valence-electron chi connectivity index (χ0n) is 48.1. The van der Waals surface area contributed by atoms with E-state index in [2.05, 4.69) is 57.2 Å². The van der Waals surface area contributed by atoms with E-state index in [1.54, 1.807) is 0 Å². The van der Waals surface area contributed by atoms with Crippen LogP contribution in [0.2, 0.25) is 0 Å². The maximum atomic E-state index is 13.1. The van der Waals surface area contributed by atoms with Gasteiger partial charge in [-0.15, -0.1) is 0 Å². The molecular weight excluding hydrogens is 949 g/mol. The van der Waals surface area contributed by atoms with E-state index in [0.29, 0.717) is 19.3 Å². The van der Waals surface area contributed by atoms with Gasteiger partial charge in [0.15, 0.2) is 24.6 Å². The van der Waals surface area contributed by atoms with Gasteiger partial charge in [0, 0.05) is 19.3 Å². The van der Waals surface area contributed by atoms with Crippen molar-refractivity contribution in [2.75, 3.05) is 13.2 Å². The first-order valence-electron chi connectivity index (χ1n) is 31.0. The fraction of sp³-hybridized carbons (Fsp3) is 0.841. The molecule has 6 unspecified atom stereocenters. The van der Waals surface area contributed by atoms with Crippen molar-refractivity contribution in [3.63, 3.8) is 0 Å². The summed E-state index contributed by atoms with van der Waals surface area (Å²) in [4.78, 5) is 51.1. The van der Waals surface area contributed by atoms with Gasteiger partial charge in [-0.2, -0.15) is 0 Å². The highest BCUT2D eigenvalue weighted by atomic mass is 16.7. The van der Waals surface area contributed by atoms with Crippen molar-refractivity contribution in [2.24, 2.45) is 0 Å². The number of carboxylic acids is 1. The van der Waals surface area contributed by atoms with Crippen LogP contribution in [0.5, 0.6) is 0 Å². The van der Waals surface area contributed by atoms with Crippen molar-refractivity contribution in [2.45, 2.75) is 327 Å². The van der Waals surface area contributed by atoms with Crippen molar-refractivity contribution >= 4 is 23.9 Å². The number of unbranched alkanes of at least 4 members (excludes halogenated alkanes) is 33.